The van der Waals surface area contributed by atoms with Crippen LogP contribution in [0.25, 0.3) is 0 Å². The Morgan fingerprint density at radius 3 is 1.50 bits per heavy atom. The molecule has 62 valence electrons. The number of methoxy groups -OCH3 is 3. The average Bonchev–Trinajstić information content (AvgIpc) is 2.01. The zero-order valence-corrected chi connectivity index (χ0v) is 8.25. The first-order chi connectivity index (χ1) is 4.74. The topological polar surface area (TPSA) is 36.9 Å². The minimum absolute atomic E-state index is 0.598. The number of hydrogen-bond acceptors (Lipinski definition) is 4. The van der Waals surface area contributed by atoms with Crippen molar-refractivity contribution in [2.24, 2.45) is 0 Å². The van der Waals surface area contributed by atoms with Crippen molar-refractivity contribution in [1.82, 2.24) is 0 Å². The second-order valence-electron chi connectivity index (χ2n) is 1.55. The Balaban J connectivity index is 3.87. The fourth-order valence-electron chi connectivity index (χ4n) is 0.604. The molecule has 0 spiro atoms. The summed E-state index contributed by atoms with van der Waals surface area (Å²) in [5.41, 5.74) is 0. The van der Waals surface area contributed by atoms with Gasteiger partial charge in [0.1, 0.15) is 0 Å². The molecule has 0 radical (unpaired) electrons. The summed E-state index contributed by atoms with van der Waals surface area (Å²) < 4.78 is 19.7. The smallest absolute Gasteiger partial charge is 0.353 e. The SMILES string of the molecule is COC(OC)(OC)O[SiH2]C. The molecule has 10 heavy (non-hydrogen) atoms. The predicted molar refractivity (Wildman–Crippen MR) is 39.3 cm³/mol. The molecule has 0 aliphatic heterocycles. The molecule has 0 heterocycles. The Hall–Kier alpha value is 0.0569. The van der Waals surface area contributed by atoms with E-state index < -0.39 is 15.9 Å². The Kier molecular flexibility index (Phi) is 4.84. The molecule has 0 amide bonds. The summed E-state index contributed by atoms with van der Waals surface area (Å²) >= 11 is 0. The minimum atomic E-state index is -1.26. The lowest BCUT2D eigenvalue weighted by molar-refractivity contribution is -0.450. The summed E-state index contributed by atoms with van der Waals surface area (Å²) in [7, 11) is 3.81. The van der Waals surface area contributed by atoms with E-state index in [1.54, 1.807) is 0 Å². The zero-order valence-electron chi connectivity index (χ0n) is 6.84. The summed E-state index contributed by atoms with van der Waals surface area (Å²) in [4.78, 5) is 0. The zero-order chi connectivity index (χ0) is 8.04. The van der Waals surface area contributed by atoms with Crippen molar-refractivity contribution in [3.63, 3.8) is 0 Å². The molecule has 0 N–H and O–H groups in total. The van der Waals surface area contributed by atoms with Crippen LogP contribution in [0.3, 0.4) is 0 Å². The van der Waals surface area contributed by atoms with Crippen molar-refractivity contribution in [2.75, 3.05) is 21.3 Å². The van der Waals surface area contributed by atoms with E-state index in [2.05, 4.69) is 0 Å². The lowest BCUT2D eigenvalue weighted by Gasteiger charge is -2.27. The second-order valence-corrected chi connectivity index (χ2v) is 2.41. The van der Waals surface area contributed by atoms with Gasteiger partial charge in [-0.2, -0.15) is 0 Å². The van der Waals surface area contributed by atoms with E-state index in [-0.39, 0.29) is 0 Å². The third kappa shape index (κ3) is 2.35. The molecule has 0 fully saturated rings. The molecule has 0 aliphatic carbocycles. The fourth-order valence-corrected chi connectivity index (χ4v) is 1.31. The van der Waals surface area contributed by atoms with Gasteiger partial charge in [0.25, 0.3) is 0 Å². The van der Waals surface area contributed by atoms with Crippen molar-refractivity contribution in [3.05, 3.63) is 0 Å². The van der Waals surface area contributed by atoms with Crippen LogP contribution in [-0.2, 0) is 18.6 Å². The van der Waals surface area contributed by atoms with E-state index in [4.69, 9.17) is 18.6 Å². The highest BCUT2D eigenvalue weighted by molar-refractivity contribution is 6.24. The van der Waals surface area contributed by atoms with Gasteiger partial charge in [-0.25, -0.2) is 0 Å². The van der Waals surface area contributed by atoms with E-state index in [0.717, 1.165) is 0 Å². The normalized spacial score (nSPS) is 13.2. The van der Waals surface area contributed by atoms with Gasteiger partial charge in [0.15, 0.2) is 9.76 Å². The highest BCUT2D eigenvalue weighted by atomic mass is 28.2. The Morgan fingerprint density at radius 1 is 1.00 bits per heavy atom. The van der Waals surface area contributed by atoms with E-state index in [0.29, 0.717) is 0 Å². The molecule has 0 aromatic heterocycles. The summed E-state index contributed by atoms with van der Waals surface area (Å²) in [6.45, 7) is 1.96. The maximum Gasteiger partial charge on any atom is 0.401 e. The summed E-state index contributed by atoms with van der Waals surface area (Å²) in [6, 6.07) is 0. The third-order valence-electron chi connectivity index (χ3n) is 1.07. The molecule has 0 saturated heterocycles. The first-order valence-electron chi connectivity index (χ1n) is 3.04. The summed E-state index contributed by atoms with van der Waals surface area (Å²) in [5.74, 6) is 0. The lowest BCUT2D eigenvalue weighted by atomic mass is 11.0. The Bertz CT molecular complexity index is 75.5. The average molecular weight is 166 g/mol. The Labute approximate surface area is 63.4 Å². The first-order valence-corrected chi connectivity index (χ1v) is 5.03. The maximum absolute atomic E-state index is 5.15. The van der Waals surface area contributed by atoms with Gasteiger partial charge in [-0.1, -0.05) is 6.55 Å². The molecule has 0 aromatic carbocycles. The maximum atomic E-state index is 5.15. The van der Waals surface area contributed by atoms with Crippen molar-refractivity contribution in [1.29, 1.82) is 0 Å². The molecule has 5 heteroatoms. The predicted octanol–water partition coefficient (Wildman–Crippen LogP) is -0.315. The van der Waals surface area contributed by atoms with Gasteiger partial charge in [0, 0.05) is 21.3 Å². The van der Waals surface area contributed by atoms with Crippen LogP contribution in [0.5, 0.6) is 0 Å². The largest absolute Gasteiger partial charge is 0.401 e. The highest BCUT2D eigenvalue weighted by Crippen LogP contribution is 2.12. The summed E-state index contributed by atoms with van der Waals surface area (Å²) in [6.07, 6.45) is -1.26. The molecule has 4 nitrogen and oxygen atoms in total. The van der Waals surface area contributed by atoms with Gasteiger partial charge < -0.3 is 18.6 Å². The van der Waals surface area contributed by atoms with Gasteiger partial charge in [-0.05, 0) is 0 Å². The van der Waals surface area contributed by atoms with Crippen LogP contribution >= 0.6 is 0 Å². The van der Waals surface area contributed by atoms with Crippen LogP contribution in [0.15, 0.2) is 0 Å². The molecule has 0 saturated carbocycles. The monoisotopic (exact) mass is 166 g/mol. The van der Waals surface area contributed by atoms with Crippen LogP contribution < -0.4 is 0 Å². The van der Waals surface area contributed by atoms with E-state index in [1.165, 1.54) is 21.3 Å². The number of hydrogen-bond donors (Lipinski definition) is 0. The first kappa shape index (κ1) is 10.1. The molecular weight excluding hydrogens is 152 g/mol. The van der Waals surface area contributed by atoms with Gasteiger partial charge in [-0.15, -0.1) is 0 Å². The molecule has 0 rings (SSSR count). The van der Waals surface area contributed by atoms with Crippen molar-refractivity contribution in [2.45, 2.75) is 12.7 Å². The van der Waals surface area contributed by atoms with E-state index >= 15 is 0 Å². The standard InChI is InChI=1S/C5H14O4Si/c1-6-5(7-2,8-3)9-10-4/h10H2,1-4H3. The van der Waals surface area contributed by atoms with Crippen LogP contribution in [0, 0.1) is 0 Å². The molecular formula is C5H14O4Si. The van der Waals surface area contributed by atoms with E-state index in [1.807, 2.05) is 6.55 Å². The van der Waals surface area contributed by atoms with Gasteiger partial charge in [0.2, 0.25) is 0 Å². The van der Waals surface area contributed by atoms with Gasteiger partial charge >= 0.3 is 6.16 Å². The van der Waals surface area contributed by atoms with E-state index in [9.17, 15) is 0 Å². The molecule has 0 unspecified atom stereocenters. The molecule has 0 atom stereocenters. The Morgan fingerprint density at radius 2 is 1.40 bits per heavy atom. The quantitative estimate of drug-likeness (QED) is 0.414. The van der Waals surface area contributed by atoms with Gasteiger partial charge in [-0.3, -0.25) is 0 Å². The van der Waals surface area contributed by atoms with Crippen LogP contribution in [0.1, 0.15) is 0 Å². The lowest BCUT2D eigenvalue weighted by Crippen LogP contribution is -2.39. The highest BCUT2D eigenvalue weighted by Gasteiger charge is 2.29. The molecule has 0 aliphatic rings. The van der Waals surface area contributed by atoms with Crippen molar-refractivity contribution < 1.29 is 18.6 Å². The molecule has 0 aromatic rings. The van der Waals surface area contributed by atoms with Crippen LogP contribution in [0.2, 0.25) is 6.55 Å². The van der Waals surface area contributed by atoms with Crippen molar-refractivity contribution in [3.8, 4) is 0 Å². The van der Waals surface area contributed by atoms with Crippen LogP contribution in [-0.4, -0.2) is 37.3 Å². The third-order valence-corrected chi connectivity index (χ3v) is 1.71. The van der Waals surface area contributed by atoms with Crippen molar-refractivity contribution >= 4 is 9.76 Å². The second kappa shape index (κ2) is 4.81. The minimum Gasteiger partial charge on any atom is -0.353 e. The van der Waals surface area contributed by atoms with Crippen LogP contribution in [0.4, 0.5) is 0 Å². The fraction of sp³-hybridized carbons (Fsp3) is 1.00. The number of ether oxygens (including phenoxy) is 3. The molecule has 0 bridgehead atoms. The summed E-state index contributed by atoms with van der Waals surface area (Å²) in [5, 5.41) is 0. The number of rotatable bonds is 5. The van der Waals surface area contributed by atoms with Gasteiger partial charge in [0.05, 0.1) is 0 Å².